The highest BCUT2D eigenvalue weighted by molar-refractivity contribution is 5.73. The third-order valence-electron chi connectivity index (χ3n) is 2.08. The Morgan fingerprint density at radius 3 is 2.55 bits per heavy atom. The quantitative estimate of drug-likeness (QED) is 0.374. The average Bonchev–Trinajstić information content (AvgIpc) is 2.34. The SMILES string of the molecule is CC(=O)N[C@H]1CC[C@@H](NN)C1. The number of hydrogen-bond acceptors (Lipinski definition) is 3. The van der Waals surface area contributed by atoms with Crippen molar-refractivity contribution in [2.24, 2.45) is 5.84 Å². The van der Waals surface area contributed by atoms with Crippen LogP contribution in [0.1, 0.15) is 26.2 Å². The maximum Gasteiger partial charge on any atom is 0.217 e. The smallest absolute Gasteiger partial charge is 0.217 e. The van der Waals surface area contributed by atoms with Crippen LogP contribution in [0.3, 0.4) is 0 Å². The minimum absolute atomic E-state index is 0.0488. The third kappa shape index (κ3) is 2.48. The zero-order chi connectivity index (χ0) is 8.27. The lowest BCUT2D eigenvalue weighted by Crippen LogP contribution is -2.36. The van der Waals surface area contributed by atoms with E-state index >= 15 is 0 Å². The first-order valence-electron chi connectivity index (χ1n) is 3.95. The minimum atomic E-state index is 0.0488. The van der Waals surface area contributed by atoms with Crippen molar-refractivity contribution in [3.8, 4) is 0 Å². The number of amides is 1. The third-order valence-corrected chi connectivity index (χ3v) is 2.08. The maximum absolute atomic E-state index is 10.6. The van der Waals surface area contributed by atoms with Gasteiger partial charge in [-0.3, -0.25) is 16.1 Å². The molecule has 64 valence electrons. The second-order valence-corrected chi connectivity index (χ2v) is 3.07. The predicted molar refractivity (Wildman–Crippen MR) is 42.6 cm³/mol. The van der Waals surface area contributed by atoms with Crippen molar-refractivity contribution in [2.75, 3.05) is 0 Å². The van der Waals surface area contributed by atoms with E-state index < -0.39 is 0 Å². The molecule has 0 saturated heterocycles. The molecule has 1 saturated carbocycles. The van der Waals surface area contributed by atoms with Gasteiger partial charge in [-0.1, -0.05) is 0 Å². The van der Waals surface area contributed by atoms with Crippen LogP contribution in [0, 0.1) is 0 Å². The Kier molecular flexibility index (Phi) is 2.84. The first kappa shape index (κ1) is 8.49. The van der Waals surface area contributed by atoms with Gasteiger partial charge in [0.15, 0.2) is 0 Å². The number of nitrogens with one attached hydrogen (secondary N) is 2. The molecule has 4 nitrogen and oxygen atoms in total. The number of rotatable bonds is 2. The predicted octanol–water partition coefficient (Wildman–Crippen LogP) is -0.493. The van der Waals surface area contributed by atoms with E-state index in [1.165, 1.54) is 0 Å². The molecule has 0 radical (unpaired) electrons. The van der Waals surface area contributed by atoms with Gasteiger partial charge in [-0.2, -0.15) is 0 Å². The highest BCUT2D eigenvalue weighted by Gasteiger charge is 2.23. The lowest BCUT2D eigenvalue weighted by Gasteiger charge is -2.10. The Morgan fingerprint density at radius 1 is 1.45 bits per heavy atom. The standard InChI is InChI=1S/C7H15N3O/c1-5(11)9-6-2-3-7(4-6)10-8/h6-7,10H,2-4,8H2,1H3,(H,9,11)/t6-,7+/m0/s1. The summed E-state index contributed by atoms with van der Waals surface area (Å²) >= 11 is 0. The molecule has 1 aliphatic rings. The molecule has 1 aliphatic carbocycles. The van der Waals surface area contributed by atoms with Crippen molar-refractivity contribution < 1.29 is 4.79 Å². The first-order chi connectivity index (χ1) is 5.22. The fourth-order valence-corrected chi connectivity index (χ4v) is 1.55. The van der Waals surface area contributed by atoms with Gasteiger partial charge in [-0.25, -0.2) is 0 Å². The monoisotopic (exact) mass is 157 g/mol. The van der Waals surface area contributed by atoms with Crippen LogP contribution in [0.4, 0.5) is 0 Å². The summed E-state index contributed by atoms with van der Waals surface area (Å²) in [7, 11) is 0. The van der Waals surface area contributed by atoms with E-state index in [0.717, 1.165) is 19.3 Å². The Hall–Kier alpha value is -0.610. The van der Waals surface area contributed by atoms with Crippen LogP contribution in [0.5, 0.6) is 0 Å². The summed E-state index contributed by atoms with van der Waals surface area (Å²) in [6.07, 6.45) is 3.05. The zero-order valence-electron chi connectivity index (χ0n) is 6.76. The van der Waals surface area contributed by atoms with Crippen LogP contribution in [0.15, 0.2) is 0 Å². The molecule has 0 heterocycles. The lowest BCUT2D eigenvalue weighted by atomic mass is 10.2. The van der Waals surface area contributed by atoms with Crippen LogP contribution in [0.25, 0.3) is 0 Å². The molecular weight excluding hydrogens is 142 g/mol. The lowest BCUT2D eigenvalue weighted by molar-refractivity contribution is -0.119. The van der Waals surface area contributed by atoms with Gasteiger partial charge in [0.1, 0.15) is 0 Å². The molecule has 0 aromatic heterocycles. The summed E-state index contributed by atoms with van der Waals surface area (Å²) in [5.41, 5.74) is 2.72. The largest absolute Gasteiger partial charge is 0.354 e. The van der Waals surface area contributed by atoms with Crippen LogP contribution in [-0.2, 0) is 4.79 Å². The first-order valence-corrected chi connectivity index (χ1v) is 3.95. The summed E-state index contributed by atoms with van der Waals surface area (Å²) in [6.45, 7) is 1.54. The number of nitrogens with two attached hydrogens (primary N) is 1. The van der Waals surface area contributed by atoms with Crippen LogP contribution >= 0.6 is 0 Å². The van der Waals surface area contributed by atoms with Gasteiger partial charge in [0.05, 0.1) is 0 Å². The molecule has 2 atom stereocenters. The van der Waals surface area contributed by atoms with E-state index in [2.05, 4.69) is 10.7 Å². The van der Waals surface area contributed by atoms with Gasteiger partial charge in [-0.15, -0.1) is 0 Å². The summed E-state index contributed by atoms with van der Waals surface area (Å²) in [5.74, 6) is 5.31. The van der Waals surface area contributed by atoms with E-state index in [-0.39, 0.29) is 5.91 Å². The van der Waals surface area contributed by atoms with Crippen LogP contribution in [0.2, 0.25) is 0 Å². The fraction of sp³-hybridized carbons (Fsp3) is 0.857. The molecule has 0 aromatic carbocycles. The van der Waals surface area contributed by atoms with E-state index in [1.54, 1.807) is 6.92 Å². The zero-order valence-corrected chi connectivity index (χ0v) is 6.76. The van der Waals surface area contributed by atoms with Crippen molar-refractivity contribution in [2.45, 2.75) is 38.3 Å². The van der Waals surface area contributed by atoms with Crippen molar-refractivity contribution >= 4 is 5.91 Å². The Morgan fingerprint density at radius 2 is 2.09 bits per heavy atom. The van der Waals surface area contributed by atoms with Crippen molar-refractivity contribution in [3.05, 3.63) is 0 Å². The Bertz CT molecular complexity index is 149. The van der Waals surface area contributed by atoms with Crippen molar-refractivity contribution in [1.29, 1.82) is 0 Å². The molecule has 4 heteroatoms. The van der Waals surface area contributed by atoms with Crippen molar-refractivity contribution in [1.82, 2.24) is 10.7 Å². The molecule has 0 aliphatic heterocycles. The van der Waals surface area contributed by atoms with Crippen molar-refractivity contribution in [3.63, 3.8) is 0 Å². The van der Waals surface area contributed by atoms with E-state index in [1.807, 2.05) is 0 Å². The fourth-order valence-electron chi connectivity index (χ4n) is 1.55. The van der Waals surface area contributed by atoms with Gasteiger partial charge in [0, 0.05) is 19.0 Å². The number of hydrazine groups is 1. The molecular formula is C7H15N3O. The average molecular weight is 157 g/mol. The molecule has 1 amide bonds. The van der Waals surface area contributed by atoms with E-state index in [9.17, 15) is 4.79 Å². The molecule has 4 N–H and O–H groups in total. The molecule has 0 unspecified atom stereocenters. The van der Waals surface area contributed by atoms with Crippen LogP contribution in [-0.4, -0.2) is 18.0 Å². The molecule has 1 rings (SSSR count). The molecule has 0 aromatic rings. The number of hydrogen-bond donors (Lipinski definition) is 3. The van der Waals surface area contributed by atoms with Gasteiger partial charge in [0.25, 0.3) is 0 Å². The summed E-state index contributed by atoms with van der Waals surface area (Å²) in [5, 5.41) is 2.87. The van der Waals surface area contributed by atoms with E-state index in [4.69, 9.17) is 5.84 Å². The highest BCUT2D eigenvalue weighted by atomic mass is 16.1. The number of carbonyl (C=O) groups is 1. The second-order valence-electron chi connectivity index (χ2n) is 3.07. The van der Waals surface area contributed by atoms with Gasteiger partial charge < -0.3 is 5.32 Å². The highest BCUT2D eigenvalue weighted by Crippen LogP contribution is 2.17. The maximum atomic E-state index is 10.6. The Balaban J connectivity index is 2.24. The van der Waals surface area contributed by atoms with Crippen LogP contribution < -0.4 is 16.6 Å². The molecule has 1 fully saturated rings. The normalized spacial score (nSPS) is 30.4. The summed E-state index contributed by atoms with van der Waals surface area (Å²) in [4.78, 5) is 10.6. The minimum Gasteiger partial charge on any atom is -0.354 e. The van der Waals surface area contributed by atoms with Gasteiger partial charge in [-0.05, 0) is 19.3 Å². The molecule has 11 heavy (non-hydrogen) atoms. The Labute approximate surface area is 66.5 Å². The van der Waals surface area contributed by atoms with E-state index in [0.29, 0.717) is 12.1 Å². The molecule has 0 bridgehead atoms. The van der Waals surface area contributed by atoms with Gasteiger partial charge in [0.2, 0.25) is 5.91 Å². The van der Waals surface area contributed by atoms with Gasteiger partial charge >= 0.3 is 0 Å². The topological polar surface area (TPSA) is 67.2 Å². The number of carbonyl (C=O) groups excluding carboxylic acids is 1. The molecule has 0 spiro atoms. The summed E-state index contributed by atoms with van der Waals surface area (Å²) in [6, 6.07) is 0.709. The second kappa shape index (κ2) is 3.69. The summed E-state index contributed by atoms with van der Waals surface area (Å²) < 4.78 is 0.